The monoisotopic (exact) mass is 185 g/mol. The zero-order valence-electron chi connectivity index (χ0n) is 8.87. The van der Waals surface area contributed by atoms with Gasteiger partial charge in [0.2, 0.25) is 0 Å². The Balaban J connectivity index is 2.72. The van der Waals surface area contributed by atoms with Gasteiger partial charge in [-0.15, -0.1) is 0 Å². The van der Waals surface area contributed by atoms with Gasteiger partial charge in [0.1, 0.15) is 6.04 Å². The van der Waals surface area contributed by atoms with Crippen molar-refractivity contribution in [3.63, 3.8) is 0 Å². The van der Waals surface area contributed by atoms with Crippen molar-refractivity contribution in [2.45, 2.75) is 45.7 Å². The number of aliphatic carboxylic acids is 1. The lowest BCUT2D eigenvalue weighted by Gasteiger charge is -2.34. The van der Waals surface area contributed by atoms with Gasteiger partial charge in [-0.2, -0.15) is 0 Å². The molecule has 13 heavy (non-hydrogen) atoms. The van der Waals surface area contributed by atoms with Crippen LogP contribution in [-0.4, -0.2) is 35.1 Å². The molecule has 0 saturated heterocycles. The average Bonchev–Trinajstić information content (AvgIpc) is 2.61. The van der Waals surface area contributed by atoms with Crippen molar-refractivity contribution < 1.29 is 9.90 Å². The predicted molar refractivity (Wildman–Crippen MR) is 51.7 cm³/mol. The molecule has 0 aromatic rings. The van der Waals surface area contributed by atoms with Crippen molar-refractivity contribution in [3.05, 3.63) is 0 Å². The Morgan fingerprint density at radius 2 is 1.92 bits per heavy atom. The van der Waals surface area contributed by atoms with E-state index in [1.54, 1.807) is 0 Å². The molecule has 0 bridgehead atoms. The fourth-order valence-electron chi connectivity index (χ4n) is 1.85. The summed E-state index contributed by atoms with van der Waals surface area (Å²) < 4.78 is 0. The molecule has 3 nitrogen and oxygen atoms in total. The van der Waals surface area contributed by atoms with Gasteiger partial charge in [-0.1, -0.05) is 20.8 Å². The summed E-state index contributed by atoms with van der Waals surface area (Å²) >= 11 is 0. The van der Waals surface area contributed by atoms with Crippen LogP contribution < -0.4 is 0 Å². The third kappa shape index (κ3) is 2.44. The maximum atomic E-state index is 11.1. The molecule has 0 spiro atoms. The maximum Gasteiger partial charge on any atom is 0.321 e. The van der Waals surface area contributed by atoms with Gasteiger partial charge >= 0.3 is 5.97 Å². The number of hydrogen-bond acceptors (Lipinski definition) is 2. The number of likely N-dealkylation sites (N-methyl/N-ethyl adjacent to an activating group) is 1. The minimum Gasteiger partial charge on any atom is -0.480 e. The van der Waals surface area contributed by atoms with Gasteiger partial charge in [-0.3, -0.25) is 9.69 Å². The number of carbonyl (C=O) groups is 1. The van der Waals surface area contributed by atoms with Crippen LogP contribution in [0.4, 0.5) is 0 Å². The van der Waals surface area contributed by atoms with Crippen molar-refractivity contribution >= 4 is 5.97 Å². The Labute approximate surface area is 79.7 Å². The first-order valence-electron chi connectivity index (χ1n) is 4.79. The first-order chi connectivity index (χ1) is 5.84. The van der Waals surface area contributed by atoms with E-state index in [4.69, 9.17) is 5.11 Å². The van der Waals surface area contributed by atoms with Gasteiger partial charge in [0.25, 0.3) is 0 Å². The highest BCUT2D eigenvalue weighted by Crippen LogP contribution is 2.33. The van der Waals surface area contributed by atoms with E-state index < -0.39 is 5.97 Å². The van der Waals surface area contributed by atoms with Crippen LogP contribution in [0.25, 0.3) is 0 Å². The van der Waals surface area contributed by atoms with Crippen LogP contribution in [0.15, 0.2) is 0 Å². The Bertz CT molecular complexity index is 203. The van der Waals surface area contributed by atoms with E-state index in [2.05, 4.69) is 0 Å². The maximum absolute atomic E-state index is 11.1. The zero-order chi connectivity index (χ0) is 10.2. The summed E-state index contributed by atoms with van der Waals surface area (Å²) in [7, 11) is 1.92. The number of carboxylic acid groups (broad SMARTS) is 1. The van der Waals surface area contributed by atoms with Crippen LogP contribution >= 0.6 is 0 Å². The summed E-state index contributed by atoms with van der Waals surface area (Å²) in [5, 5.41) is 9.11. The average molecular weight is 185 g/mol. The summed E-state index contributed by atoms with van der Waals surface area (Å²) in [4.78, 5) is 13.1. The molecule has 1 rings (SSSR count). The van der Waals surface area contributed by atoms with Crippen LogP contribution in [-0.2, 0) is 4.79 Å². The fraction of sp³-hybridized carbons (Fsp3) is 0.900. The summed E-state index contributed by atoms with van der Waals surface area (Å²) in [6, 6.07) is 0.139. The smallest absolute Gasteiger partial charge is 0.321 e. The summed E-state index contributed by atoms with van der Waals surface area (Å²) in [6.07, 6.45) is 2.30. The normalized spacial score (nSPS) is 20.4. The van der Waals surface area contributed by atoms with Gasteiger partial charge < -0.3 is 5.11 Å². The minimum absolute atomic E-state index is 0.191. The number of hydrogen-bond donors (Lipinski definition) is 1. The Morgan fingerprint density at radius 1 is 1.46 bits per heavy atom. The molecule has 1 saturated carbocycles. The van der Waals surface area contributed by atoms with Crippen molar-refractivity contribution in [1.82, 2.24) is 4.90 Å². The molecular weight excluding hydrogens is 166 g/mol. The molecule has 0 amide bonds. The third-order valence-corrected chi connectivity index (χ3v) is 2.58. The van der Waals surface area contributed by atoms with E-state index in [0.29, 0.717) is 6.04 Å². The highest BCUT2D eigenvalue weighted by atomic mass is 16.4. The van der Waals surface area contributed by atoms with Crippen LogP contribution in [0, 0.1) is 5.41 Å². The predicted octanol–water partition coefficient (Wildman–Crippen LogP) is 1.58. The van der Waals surface area contributed by atoms with Crippen molar-refractivity contribution in [1.29, 1.82) is 0 Å². The second-order valence-electron chi connectivity index (χ2n) is 5.00. The van der Waals surface area contributed by atoms with Crippen LogP contribution in [0.2, 0.25) is 0 Å². The van der Waals surface area contributed by atoms with E-state index in [9.17, 15) is 4.79 Å². The number of carboxylic acids is 1. The second-order valence-corrected chi connectivity index (χ2v) is 5.00. The molecule has 3 heteroatoms. The highest BCUT2D eigenvalue weighted by molar-refractivity contribution is 5.74. The van der Waals surface area contributed by atoms with Gasteiger partial charge in [0, 0.05) is 6.04 Å². The standard InChI is InChI=1S/C10H19NO2/c1-10(2,3)8(9(12)13)11(4)7-5-6-7/h7-8H,5-6H2,1-4H3,(H,12,13). The topological polar surface area (TPSA) is 40.5 Å². The van der Waals surface area contributed by atoms with E-state index in [-0.39, 0.29) is 11.5 Å². The van der Waals surface area contributed by atoms with Gasteiger partial charge in [0.15, 0.2) is 0 Å². The molecule has 0 aliphatic heterocycles. The molecular formula is C10H19NO2. The molecule has 0 aromatic heterocycles. The Morgan fingerprint density at radius 3 is 2.15 bits per heavy atom. The number of nitrogens with zero attached hydrogens (tertiary/aromatic N) is 1. The van der Waals surface area contributed by atoms with E-state index >= 15 is 0 Å². The zero-order valence-corrected chi connectivity index (χ0v) is 8.87. The lowest BCUT2D eigenvalue weighted by molar-refractivity contribution is -0.147. The molecule has 0 aromatic carbocycles. The fourth-order valence-corrected chi connectivity index (χ4v) is 1.85. The van der Waals surface area contributed by atoms with Crippen molar-refractivity contribution in [2.24, 2.45) is 5.41 Å². The van der Waals surface area contributed by atoms with Crippen LogP contribution in [0.3, 0.4) is 0 Å². The van der Waals surface area contributed by atoms with Gasteiger partial charge in [0.05, 0.1) is 0 Å². The highest BCUT2D eigenvalue weighted by Gasteiger charge is 2.40. The van der Waals surface area contributed by atoms with Gasteiger partial charge in [-0.05, 0) is 25.3 Å². The van der Waals surface area contributed by atoms with E-state index in [1.807, 2.05) is 32.7 Å². The quantitative estimate of drug-likeness (QED) is 0.725. The summed E-state index contributed by atoms with van der Waals surface area (Å²) in [6.45, 7) is 5.93. The van der Waals surface area contributed by atoms with Gasteiger partial charge in [-0.25, -0.2) is 0 Å². The van der Waals surface area contributed by atoms with Crippen molar-refractivity contribution in [3.8, 4) is 0 Å². The molecule has 1 aliphatic rings. The minimum atomic E-state index is -0.707. The summed E-state index contributed by atoms with van der Waals surface area (Å²) in [5.41, 5.74) is -0.191. The Hall–Kier alpha value is -0.570. The molecule has 1 unspecified atom stereocenters. The lowest BCUT2D eigenvalue weighted by atomic mass is 9.86. The summed E-state index contributed by atoms with van der Waals surface area (Å²) in [5.74, 6) is -0.707. The molecule has 1 atom stereocenters. The first-order valence-corrected chi connectivity index (χ1v) is 4.79. The molecule has 1 N–H and O–H groups in total. The van der Waals surface area contributed by atoms with Crippen LogP contribution in [0.1, 0.15) is 33.6 Å². The number of rotatable bonds is 3. The molecule has 0 radical (unpaired) electrons. The molecule has 1 fully saturated rings. The SMILES string of the molecule is CN(C1CC1)C(C(=O)O)C(C)(C)C. The van der Waals surface area contributed by atoms with E-state index in [1.165, 1.54) is 0 Å². The van der Waals surface area contributed by atoms with Crippen LogP contribution in [0.5, 0.6) is 0 Å². The Kier molecular flexibility index (Phi) is 2.66. The second kappa shape index (κ2) is 3.29. The lowest BCUT2D eigenvalue weighted by Crippen LogP contribution is -2.48. The van der Waals surface area contributed by atoms with Crippen molar-refractivity contribution in [2.75, 3.05) is 7.05 Å². The molecule has 76 valence electrons. The van der Waals surface area contributed by atoms with E-state index in [0.717, 1.165) is 12.8 Å². The third-order valence-electron chi connectivity index (χ3n) is 2.58. The largest absolute Gasteiger partial charge is 0.480 e. The molecule has 1 aliphatic carbocycles. The first kappa shape index (κ1) is 10.5. The molecule has 0 heterocycles.